The highest BCUT2D eigenvalue weighted by atomic mass is 32.2. The minimum Gasteiger partial charge on any atom is -0.325 e. The maximum atomic E-state index is 12.3. The molecule has 29 heavy (non-hydrogen) atoms. The standard InChI is InChI=1S/C23H20N4OS/c28-22(15-29-20-10-7-16-3-1-4-18(16)13-20)25-19-8-5-17(6-9-19)21-14-27-12-2-11-24-23(27)26-21/h2,5-14H,1,3-4,15H2,(H,25,28). The van der Waals surface area contributed by atoms with Crippen molar-refractivity contribution < 1.29 is 4.79 Å². The SMILES string of the molecule is O=C(CSc1ccc2c(c1)CCC2)Nc1ccc(-c2cn3cccnc3n2)cc1. The molecule has 144 valence electrons. The molecular formula is C23H20N4OS. The number of benzene rings is 2. The molecular weight excluding hydrogens is 380 g/mol. The van der Waals surface area contributed by atoms with Crippen LogP contribution in [-0.2, 0) is 17.6 Å². The second-order valence-corrected chi connectivity index (χ2v) is 8.20. The van der Waals surface area contributed by atoms with E-state index in [2.05, 4.69) is 33.5 Å². The van der Waals surface area contributed by atoms with Crippen LogP contribution in [0.2, 0.25) is 0 Å². The Morgan fingerprint density at radius 2 is 1.97 bits per heavy atom. The number of nitrogens with one attached hydrogen (secondary N) is 1. The zero-order chi connectivity index (χ0) is 19.6. The molecule has 6 heteroatoms. The van der Waals surface area contributed by atoms with Gasteiger partial charge in [0.25, 0.3) is 0 Å². The summed E-state index contributed by atoms with van der Waals surface area (Å²) in [5, 5.41) is 2.97. The number of carbonyl (C=O) groups is 1. The van der Waals surface area contributed by atoms with Gasteiger partial charge in [0.05, 0.1) is 11.4 Å². The van der Waals surface area contributed by atoms with Crippen LogP contribution in [0.3, 0.4) is 0 Å². The molecule has 4 aromatic rings. The van der Waals surface area contributed by atoms with Crippen LogP contribution in [0.4, 0.5) is 5.69 Å². The van der Waals surface area contributed by atoms with Gasteiger partial charge in [0, 0.05) is 34.7 Å². The van der Waals surface area contributed by atoms with E-state index in [1.807, 2.05) is 47.1 Å². The Kier molecular flexibility index (Phi) is 4.77. The third-order valence-corrected chi connectivity index (χ3v) is 6.13. The van der Waals surface area contributed by atoms with Gasteiger partial charge in [0.1, 0.15) is 0 Å². The lowest BCUT2D eigenvalue weighted by molar-refractivity contribution is -0.113. The molecule has 0 saturated carbocycles. The number of amides is 1. The van der Waals surface area contributed by atoms with Crippen LogP contribution in [0.25, 0.3) is 17.0 Å². The van der Waals surface area contributed by atoms with Crippen molar-refractivity contribution in [2.24, 2.45) is 0 Å². The molecule has 0 unspecified atom stereocenters. The van der Waals surface area contributed by atoms with Gasteiger partial charge in [0.2, 0.25) is 11.7 Å². The molecule has 1 aliphatic carbocycles. The number of carbonyl (C=O) groups excluding carboxylic acids is 1. The first-order valence-electron chi connectivity index (χ1n) is 9.69. The Balaban J connectivity index is 1.21. The minimum atomic E-state index is 0.000165. The Hall–Kier alpha value is -3.12. The van der Waals surface area contributed by atoms with E-state index in [0.29, 0.717) is 11.5 Å². The molecule has 0 radical (unpaired) electrons. The normalized spacial score (nSPS) is 12.8. The summed E-state index contributed by atoms with van der Waals surface area (Å²) >= 11 is 1.58. The molecule has 0 bridgehead atoms. The first-order chi connectivity index (χ1) is 14.2. The summed E-state index contributed by atoms with van der Waals surface area (Å²) in [5.74, 6) is 1.07. The molecule has 0 saturated heterocycles. The quantitative estimate of drug-likeness (QED) is 0.497. The van der Waals surface area contributed by atoms with E-state index in [0.717, 1.165) is 28.3 Å². The summed E-state index contributed by atoms with van der Waals surface area (Å²) in [5.41, 5.74) is 5.53. The van der Waals surface area contributed by atoms with Gasteiger partial charge in [-0.3, -0.25) is 9.20 Å². The number of imidazole rings is 1. The summed E-state index contributed by atoms with van der Waals surface area (Å²) in [6.45, 7) is 0. The summed E-state index contributed by atoms with van der Waals surface area (Å²) in [4.78, 5) is 22.3. The van der Waals surface area contributed by atoms with Crippen LogP contribution in [-0.4, -0.2) is 26.0 Å². The third-order valence-electron chi connectivity index (χ3n) is 5.14. The summed E-state index contributed by atoms with van der Waals surface area (Å²) in [6, 6.07) is 16.2. The number of rotatable bonds is 5. The highest BCUT2D eigenvalue weighted by Crippen LogP contribution is 2.28. The fourth-order valence-corrected chi connectivity index (χ4v) is 4.44. The maximum Gasteiger partial charge on any atom is 0.234 e. The number of hydrogen-bond donors (Lipinski definition) is 1. The maximum absolute atomic E-state index is 12.3. The van der Waals surface area contributed by atoms with E-state index in [9.17, 15) is 4.79 Å². The van der Waals surface area contributed by atoms with Crippen molar-refractivity contribution in [2.45, 2.75) is 24.2 Å². The Morgan fingerprint density at radius 3 is 2.83 bits per heavy atom. The zero-order valence-corrected chi connectivity index (χ0v) is 16.7. The van der Waals surface area contributed by atoms with Crippen LogP contribution < -0.4 is 5.32 Å². The van der Waals surface area contributed by atoms with Crippen molar-refractivity contribution in [1.82, 2.24) is 14.4 Å². The predicted octanol–water partition coefficient (Wildman–Crippen LogP) is 4.62. The molecule has 1 aliphatic rings. The zero-order valence-electron chi connectivity index (χ0n) is 15.8. The molecule has 0 atom stereocenters. The van der Waals surface area contributed by atoms with E-state index in [-0.39, 0.29) is 5.91 Å². The molecule has 0 spiro atoms. The van der Waals surface area contributed by atoms with Crippen molar-refractivity contribution in [2.75, 3.05) is 11.1 Å². The number of fused-ring (bicyclic) bond motifs is 2. The number of aromatic nitrogens is 3. The molecule has 2 heterocycles. The number of thioether (sulfide) groups is 1. The lowest BCUT2D eigenvalue weighted by atomic mass is 10.1. The van der Waals surface area contributed by atoms with Crippen molar-refractivity contribution in [3.8, 4) is 11.3 Å². The molecule has 2 aromatic heterocycles. The van der Waals surface area contributed by atoms with Gasteiger partial charge < -0.3 is 5.32 Å². The van der Waals surface area contributed by atoms with Crippen molar-refractivity contribution in [1.29, 1.82) is 0 Å². The fraction of sp³-hybridized carbons (Fsp3) is 0.174. The summed E-state index contributed by atoms with van der Waals surface area (Å²) in [6.07, 6.45) is 9.18. The monoisotopic (exact) mass is 400 g/mol. The van der Waals surface area contributed by atoms with Crippen LogP contribution >= 0.6 is 11.8 Å². The summed E-state index contributed by atoms with van der Waals surface area (Å²) in [7, 11) is 0. The lowest BCUT2D eigenvalue weighted by Gasteiger charge is -2.07. The Bertz CT molecular complexity index is 1150. The van der Waals surface area contributed by atoms with E-state index >= 15 is 0 Å². The van der Waals surface area contributed by atoms with Crippen LogP contribution in [0, 0.1) is 0 Å². The van der Waals surface area contributed by atoms with Gasteiger partial charge in [-0.25, -0.2) is 9.97 Å². The van der Waals surface area contributed by atoms with E-state index < -0.39 is 0 Å². The Labute approximate surface area is 173 Å². The van der Waals surface area contributed by atoms with Gasteiger partial charge in [-0.2, -0.15) is 0 Å². The van der Waals surface area contributed by atoms with Crippen molar-refractivity contribution in [3.05, 3.63) is 78.2 Å². The van der Waals surface area contributed by atoms with Crippen molar-refractivity contribution in [3.63, 3.8) is 0 Å². The van der Waals surface area contributed by atoms with E-state index in [1.165, 1.54) is 24.0 Å². The largest absolute Gasteiger partial charge is 0.325 e. The third kappa shape index (κ3) is 3.89. The first kappa shape index (κ1) is 17.9. The van der Waals surface area contributed by atoms with E-state index in [1.54, 1.807) is 18.0 Å². The topological polar surface area (TPSA) is 59.3 Å². The minimum absolute atomic E-state index is 0.000165. The van der Waals surface area contributed by atoms with Crippen molar-refractivity contribution >= 4 is 29.1 Å². The molecule has 5 rings (SSSR count). The molecule has 5 nitrogen and oxygen atoms in total. The first-order valence-corrected chi connectivity index (χ1v) is 10.7. The second-order valence-electron chi connectivity index (χ2n) is 7.15. The van der Waals surface area contributed by atoms with Gasteiger partial charge in [-0.05, 0) is 60.7 Å². The van der Waals surface area contributed by atoms with Crippen LogP contribution in [0.1, 0.15) is 17.5 Å². The Morgan fingerprint density at radius 1 is 1.10 bits per heavy atom. The van der Waals surface area contributed by atoms with Gasteiger partial charge in [-0.15, -0.1) is 11.8 Å². The highest BCUT2D eigenvalue weighted by molar-refractivity contribution is 8.00. The molecule has 0 fully saturated rings. The van der Waals surface area contributed by atoms with Crippen LogP contribution in [0.5, 0.6) is 0 Å². The van der Waals surface area contributed by atoms with Gasteiger partial charge in [0.15, 0.2) is 0 Å². The average molecular weight is 401 g/mol. The van der Waals surface area contributed by atoms with Gasteiger partial charge in [-0.1, -0.05) is 18.2 Å². The predicted molar refractivity (Wildman–Crippen MR) is 116 cm³/mol. The number of aryl methyl sites for hydroxylation is 2. The molecule has 0 aliphatic heterocycles. The summed E-state index contributed by atoms with van der Waals surface area (Å²) < 4.78 is 1.89. The van der Waals surface area contributed by atoms with Gasteiger partial charge >= 0.3 is 0 Å². The number of nitrogens with zero attached hydrogens (tertiary/aromatic N) is 3. The highest BCUT2D eigenvalue weighted by Gasteiger charge is 2.12. The average Bonchev–Trinajstić information content (AvgIpc) is 3.39. The van der Waals surface area contributed by atoms with Crippen LogP contribution in [0.15, 0.2) is 72.0 Å². The molecule has 1 N–H and O–H groups in total. The number of anilines is 1. The molecule has 1 amide bonds. The smallest absolute Gasteiger partial charge is 0.234 e. The number of hydrogen-bond acceptors (Lipinski definition) is 4. The fourth-order valence-electron chi connectivity index (χ4n) is 3.68. The lowest BCUT2D eigenvalue weighted by Crippen LogP contribution is -2.13. The van der Waals surface area contributed by atoms with E-state index in [4.69, 9.17) is 0 Å². The second kappa shape index (κ2) is 7.72. The molecule has 2 aromatic carbocycles.